The molecule has 3 aliphatic heterocycles. The zero-order valence-electron chi connectivity index (χ0n) is 19.8. The van der Waals surface area contributed by atoms with Crippen molar-refractivity contribution >= 4 is 17.1 Å². The van der Waals surface area contributed by atoms with E-state index in [0.717, 1.165) is 29.8 Å². The smallest absolute Gasteiger partial charge is 0.294 e. The van der Waals surface area contributed by atoms with E-state index in [9.17, 15) is 30.5 Å². The van der Waals surface area contributed by atoms with Crippen LogP contribution in [0.15, 0.2) is 42.5 Å². The third kappa shape index (κ3) is 4.90. The van der Waals surface area contributed by atoms with Crippen LogP contribution < -0.4 is 10.2 Å². The molecule has 3 saturated heterocycles. The molecule has 0 spiro atoms. The van der Waals surface area contributed by atoms with E-state index in [-0.39, 0.29) is 35.9 Å². The number of nitro groups is 1. The third-order valence-corrected chi connectivity index (χ3v) is 7.52. The Morgan fingerprint density at radius 2 is 1.81 bits per heavy atom. The van der Waals surface area contributed by atoms with Crippen LogP contribution in [0.1, 0.15) is 17.5 Å². The number of ether oxygens (including phenoxy) is 1. The van der Waals surface area contributed by atoms with Gasteiger partial charge in [0.2, 0.25) is 0 Å². The quantitative estimate of drug-likeness (QED) is 0.255. The number of β-amino-alcohol motifs (C(OH)–C–C–N with tert-alkyl or cyclic N) is 1. The molecule has 2 aromatic carbocycles. The molecule has 0 radical (unpaired) electrons. The Balaban J connectivity index is 1.22. The summed E-state index contributed by atoms with van der Waals surface area (Å²) in [5, 5.41) is 54.6. The zero-order chi connectivity index (χ0) is 25.4. The molecule has 2 bridgehead atoms. The number of rotatable bonds is 8. The highest BCUT2D eigenvalue weighted by molar-refractivity contribution is 5.69. The van der Waals surface area contributed by atoms with Crippen molar-refractivity contribution in [3.63, 3.8) is 0 Å². The van der Waals surface area contributed by atoms with Crippen LogP contribution in [-0.2, 0) is 17.8 Å². The van der Waals surface area contributed by atoms with E-state index in [2.05, 4.69) is 10.2 Å². The SMILES string of the molecule is O=[N+]([O-])c1cc(N2CC3CC2CO3)ccc1NCc1ccc(CN2C[C@H](O)[C@@H](O)[C@H](O)[C@H]2CO)cc1. The Morgan fingerprint density at radius 3 is 2.44 bits per heavy atom. The van der Waals surface area contributed by atoms with Crippen molar-refractivity contribution < 1.29 is 30.1 Å². The largest absolute Gasteiger partial charge is 0.395 e. The molecule has 0 aliphatic carbocycles. The van der Waals surface area contributed by atoms with Crippen molar-refractivity contribution in [2.45, 2.75) is 56.0 Å². The fraction of sp³-hybridized carbons (Fsp3) is 0.520. The third-order valence-electron chi connectivity index (χ3n) is 7.52. The lowest BCUT2D eigenvalue weighted by Gasteiger charge is -2.43. The van der Waals surface area contributed by atoms with Crippen molar-refractivity contribution in [2.24, 2.45) is 0 Å². The van der Waals surface area contributed by atoms with Gasteiger partial charge in [-0.15, -0.1) is 0 Å². The van der Waals surface area contributed by atoms with Gasteiger partial charge in [0.25, 0.3) is 5.69 Å². The molecule has 5 N–H and O–H groups in total. The van der Waals surface area contributed by atoms with Crippen LogP contribution in [0.5, 0.6) is 0 Å². The highest BCUT2D eigenvalue weighted by Gasteiger charge is 2.41. The second kappa shape index (κ2) is 10.3. The number of hydrogen-bond acceptors (Lipinski definition) is 10. The standard InChI is InChI=1S/C25H32N4O7/c30-13-22-24(32)25(33)23(31)12-27(22)10-16-3-1-15(2-4-16)9-26-20-6-5-17(8-21(20)29(34)35)28-11-19-7-18(28)14-36-19/h1-6,8,18-19,22-26,30-33H,7,9-14H2/t18?,19?,22-,23+,24-,25-/m1/s1. The van der Waals surface area contributed by atoms with E-state index in [1.807, 2.05) is 30.3 Å². The van der Waals surface area contributed by atoms with Gasteiger partial charge < -0.3 is 35.4 Å². The molecule has 2 aromatic rings. The Labute approximate surface area is 208 Å². The minimum atomic E-state index is -1.29. The van der Waals surface area contributed by atoms with Crippen LogP contribution in [0.2, 0.25) is 0 Å². The maximum atomic E-state index is 11.8. The van der Waals surface area contributed by atoms with Gasteiger partial charge in [0, 0.05) is 37.9 Å². The summed E-state index contributed by atoms with van der Waals surface area (Å²) in [4.78, 5) is 15.3. The number of nitro benzene ring substituents is 1. The van der Waals surface area contributed by atoms with Crippen LogP contribution in [0.4, 0.5) is 17.1 Å². The molecule has 36 heavy (non-hydrogen) atoms. The van der Waals surface area contributed by atoms with Gasteiger partial charge in [-0.1, -0.05) is 24.3 Å². The molecule has 3 heterocycles. The lowest BCUT2D eigenvalue weighted by atomic mass is 9.93. The number of aliphatic hydroxyl groups excluding tert-OH is 4. The molecule has 3 aliphatic rings. The molecule has 0 saturated carbocycles. The Morgan fingerprint density at radius 1 is 1.06 bits per heavy atom. The highest BCUT2D eigenvalue weighted by Crippen LogP contribution is 2.36. The predicted octanol–water partition coefficient (Wildman–Crippen LogP) is 0.444. The first kappa shape index (κ1) is 24.9. The molecular weight excluding hydrogens is 468 g/mol. The van der Waals surface area contributed by atoms with Gasteiger partial charge in [0.05, 0.1) is 42.4 Å². The van der Waals surface area contributed by atoms with Crippen LogP contribution in [0, 0.1) is 10.1 Å². The van der Waals surface area contributed by atoms with Gasteiger partial charge in [-0.2, -0.15) is 0 Å². The predicted molar refractivity (Wildman–Crippen MR) is 132 cm³/mol. The summed E-state index contributed by atoms with van der Waals surface area (Å²) in [6.07, 6.45) is -2.45. The minimum Gasteiger partial charge on any atom is -0.395 e. The number of hydrogen-bond donors (Lipinski definition) is 5. The van der Waals surface area contributed by atoms with E-state index in [4.69, 9.17) is 4.74 Å². The first-order valence-electron chi connectivity index (χ1n) is 12.2. The lowest BCUT2D eigenvalue weighted by molar-refractivity contribution is -0.383. The Bertz CT molecular complexity index is 1080. The summed E-state index contributed by atoms with van der Waals surface area (Å²) in [5.74, 6) is 0. The molecule has 2 unspecified atom stereocenters. The number of piperidine rings is 1. The number of benzene rings is 2. The number of morpholine rings is 1. The molecular formula is C25H32N4O7. The summed E-state index contributed by atoms with van der Waals surface area (Å²) in [5.41, 5.74) is 3.17. The summed E-state index contributed by atoms with van der Waals surface area (Å²) in [6.45, 7) is 2.01. The monoisotopic (exact) mass is 500 g/mol. The Kier molecular flexibility index (Phi) is 7.11. The van der Waals surface area contributed by atoms with E-state index >= 15 is 0 Å². The van der Waals surface area contributed by atoms with Crippen molar-refractivity contribution in [3.8, 4) is 0 Å². The van der Waals surface area contributed by atoms with E-state index in [1.165, 1.54) is 0 Å². The van der Waals surface area contributed by atoms with Gasteiger partial charge in [-0.05, 0) is 29.7 Å². The van der Waals surface area contributed by atoms with Gasteiger partial charge in [-0.3, -0.25) is 15.0 Å². The number of nitrogens with zero attached hydrogens (tertiary/aromatic N) is 3. The first-order chi connectivity index (χ1) is 17.3. The van der Waals surface area contributed by atoms with Crippen LogP contribution >= 0.6 is 0 Å². The van der Waals surface area contributed by atoms with Crippen LogP contribution in [-0.4, -0.2) is 93.1 Å². The maximum Gasteiger partial charge on any atom is 0.294 e. The molecule has 0 amide bonds. The summed E-state index contributed by atoms with van der Waals surface area (Å²) < 4.78 is 5.63. The Hall–Kier alpha value is -2.80. The summed E-state index contributed by atoms with van der Waals surface area (Å²) >= 11 is 0. The zero-order valence-corrected chi connectivity index (χ0v) is 19.8. The minimum absolute atomic E-state index is 0.0345. The number of fused-ring (bicyclic) bond motifs is 2. The van der Waals surface area contributed by atoms with Crippen molar-refractivity contribution in [2.75, 3.05) is 36.5 Å². The van der Waals surface area contributed by atoms with Crippen LogP contribution in [0.25, 0.3) is 0 Å². The van der Waals surface area contributed by atoms with Crippen LogP contribution in [0.3, 0.4) is 0 Å². The molecule has 194 valence electrons. The first-order valence-corrected chi connectivity index (χ1v) is 12.2. The normalized spacial score (nSPS) is 30.1. The van der Waals surface area contributed by atoms with Gasteiger partial charge in [0.1, 0.15) is 17.9 Å². The number of anilines is 2. The lowest BCUT2D eigenvalue weighted by Crippen LogP contribution is -2.62. The fourth-order valence-electron chi connectivity index (χ4n) is 5.47. The van der Waals surface area contributed by atoms with Crippen molar-refractivity contribution in [3.05, 3.63) is 63.7 Å². The van der Waals surface area contributed by atoms with Gasteiger partial charge >= 0.3 is 0 Å². The average Bonchev–Trinajstić information content (AvgIpc) is 3.51. The average molecular weight is 501 g/mol. The highest BCUT2D eigenvalue weighted by atomic mass is 16.6. The topological polar surface area (TPSA) is 152 Å². The molecule has 5 rings (SSSR count). The second-order valence-corrected chi connectivity index (χ2v) is 9.85. The second-order valence-electron chi connectivity index (χ2n) is 9.85. The molecule has 0 aromatic heterocycles. The summed E-state index contributed by atoms with van der Waals surface area (Å²) in [6, 6.07) is 12.5. The molecule has 6 atom stereocenters. The number of aliphatic hydroxyl groups is 4. The maximum absolute atomic E-state index is 11.8. The van der Waals surface area contributed by atoms with E-state index in [0.29, 0.717) is 25.4 Å². The van der Waals surface area contributed by atoms with Crippen molar-refractivity contribution in [1.82, 2.24) is 4.90 Å². The van der Waals surface area contributed by atoms with Crippen molar-refractivity contribution in [1.29, 1.82) is 0 Å². The molecule has 3 fully saturated rings. The molecule has 11 heteroatoms. The van der Waals surface area contributed by atoms with E-state index in [1.54, 1.807) is 17.0 Å². The number of nitrogens with one attached hydrogen (secondary N) is 1. The fourth-order valence-corrected chi connectivity index (χ4v) is 5.47. The molecule has 11 nitrogen and oxygen atoms in total. The number of likely N-dealkylation sites (tertiary alicyclic amines) is 1. The van der Waals surface area contributed by atoms with Gasteiger partial charge in [-0.25, -0.2) is 0 Å². The van der Waals surface area contributed by atoms with Gasteiger partial charge in [0.15, 0.2) is 0 Å². The van der Waals surface area contributed by atoms with E-state index < -0.39 is 24.4 Å². The summed E-state index contributed by atoms with van der Waals surface area (Å²) in [7, 11) is 0.